The number of anilines is 4. The quantitative estimate of drug-likeness (QED) is 0.0474. The van der Waals surface area contributed by atoms with E-state index in [0.717, 1.165) is 86.9 Å². The molecule has 0 unspecified atom stereocenters. The molecule has 0 aliphatic heterocycles. The molecule has 0 saturated heterocycles. The van der Waals surface area contributed by atoms with E-state index in [1.807, 2.05) is 121 Å². The van der Waals surface area contributed by atoms with Crippen LogP contribution in [0.15, 0.2) is 244 Å². The molecule has 8 nitrogen and oxygen atoms in total. The van der Waals surface area contributed by atoms with Crippen molar-refractivity contribution in [1.29, 1.82) is 0 Å². The van der Waals surface area contributed by atoms with E-state index < -0.39 is 7.12 Å². The van der Waals surface area contributed by atoms with E-state index >= 15 is 0 Å². The van der Waals surface area contributed by atoms with Gasteiger partial charge in [0.15, 0.2) is 0 Å². The third kappa shape index (κ3) is 31.6. The van der Waals surface area contributed by atoms with E-state index in [1.54, 1.807) is 18.2 Å². The van der Waals surface area contributed by atoms with Crippen LogP contribution in [0.2, 0.25) is 0 Å². The Hall–Kier alpha value is -1.36. The topological polar surface area (TPSA) is 121 Å². The van der Waals surface area contributed by atoms with Crippen molar-refractivity contribution >= 4 is 233 Å². The van der Waals surface area contributed by atoms with Gasteiger partial charge in [-0.25, -0.2) is 4.98 Å². The van der Waals surface area contributed by atoms with Gasteiger partial charge >= 0.3 is 72.0 Å². The molecule has 4 aromatic heterocycles. The summed E-state index contributed by atoms with van der Waals surface area (Å²) in [6, 6.07) is 70.2. The molecule has 83 heavy (non-hydrogen) atoms. The minimum atomic E-state index is -1.38. The van der Waals surface area contributed by atoms with Gasteiger partial charge in [0.05, 0.1) is 17.1 Å². The number of rotatable bonds is 7. The zero-order chi connectivity index (χ0) is 61.3. The van der Waals surface area contributed by atoms with Gasteiger partial charge < -0.3 is 20.7 Å². The van der Waals surface area contributed by atoms with Gasteiger partial charge in [0.2, 0.25) is 0 Å². The Balaban J connectivity index is 0.000000296. The number of nitrogens with two attached hydrogens (primary N) is 1. The number of alkyl halides is 4. The van der Waals surface area contributed by atoms with Crippen molar-refractivity contribution < 1.29 is 15.0 Å². The molecule has 0 saturated carbocycles. The van der Waals surface area contributed by atoms with Crippen LogP contribution >= 0.6 is 198 Å². The first-order valence-electron chi connectivity index (χ1n) is 24.9. The van der Waals surface area contributed by atoms with Crippen LogP contribution in [0.4, 0.5) is 22.7 Å². The van der Waals surface area contributed by atoms with Crippen LogP contribution in [0.3, 0.4) is 0 Å². The monoisotopic (exact) mass is 2120 g/mol. The molecule has 0 bridgehead atoms. The first kappa shape index (κ1) is 75.9. The second-order valence-electron chi connectivity index (χ2n) is 17.2. The number of aromatic nitrogens is 4. The van der Waals surface area contributed by atoms with Crippen LogP contribution < -0.4 is 16.1 Å². The maximum absolute atomic E-state index is 8.68. The number of benzene rings is 6. The third-order valence-corrected chi connectivity index (χ3v) is 12.1. The zero-order valence-electron chi connectivity index (χ0n) is 46.0. The number of halogens is 10. The zero-order valence-corrected chi connectivity index (χ0v) is 67.2. The van der Waals surface area contributed by atoms with Gasteiger partial charge in [-0.2, -0.15) is 0 Å². The molecule has 432 valence electrons. The second kappa shape index (κ2) is 42.5. The number of para-hydroxylation sites is 2. The second-order valence-corrected chi connectivity index (χ2v) is 67.9. The van der Waals surface area contributed by atoms with Crippen molar-refractivity contribution in [2.45, 2.75) is 34.1 Å². The molecule has 0 radical (unpaired) electrons. The van der Waals surface area contributed by atoms with E-state index in [2.05, 4.69) is 354 Å². The first-order valence-corrected chi connectivity index (χ1v) is 46.2. The van der Waals surface area contributed by atoms with Crippen LogP contribution in [-0.4, -0.2) is 41.5 Å². The molecule has 6 aromatic carbocycles. The summed E-state index contributed by atoms with van der Waals surface area (Å²) in [6.07, 6.45) is 5.52. The van der Waals surface area contributed by atoms with Crippen LogP contribution in [0.1, 0.15) is 29.3 Å². The fourth-order valence-electron chi connectivity index (χ4n) is 7.24. The van der Waals surface area contributed by atoms with Gasteiger partial charge in [0, 0.05) is 72.7 Å². The normalized spacial score (nSPS) is 9.96. The maximum atomic E-state index is 8.68. The fraction of sp³-hybridized carbons (Fsp3) is 0.111. The van der Waals surface area contributed by atoms with Gasteiger partial charge in [0.1, 0.15) is 4.04 Å². The van der Waals surface area contributed by atoms with Crippen molar-refractivity contribution in [2.75, 3.05) is 15.6 Å². The fourth-order valence-corrected chi connectivity index (χ4v) is 8.49. The molecule has 20 heteroatoms. The molecule has 0 aliphatic rings. The SMILES string of the molecule is CC(I)(I)I.CI.Cc1cccc(Br)n1.Cc1cccnc1-c1cccc(Br)c1.Cc1cccnc1-c1cccc(N(c2ccccc2)c2cccc(-c3ncccc3C)c2)c1.Nc1ccccc1.OB(O)c1cccc(Br)c1.[I][V]([I])[I]. The Kier molecular flexibility index (Phi) is 38.9. The Bertz CT molecular complexity index is 3340. The van der Waals surface area contributed by atoms with E-state index in [9.17, 15) is 0 Å². The molecular weight excluding hydrogens is 2060 g/mol. The molecule has 10 rings (SSSR count). The van der Waals surface area contributed by atoms with Crippen LogP contribution in [0.25, 0.3) is 33.8 Å². The molecule has 0 aliphatic carbocycles. The van der Waals surface area contributed by atoms with Gasteiger partial charge in [-0.15, -0.1) is 0 Å². The van der Waals surface area contributed by atoms with Crippen molar-refractivity contribution in [3.05, 3.63) is 267 Å². The molecule has 0 amide bonds. The number of nitrogens with zero attached hydrogens (tertiary/aromatic N) is 5. The van der Waals surface area contributed by atoms with Crippen molar-refractivity contribution in [1.82, 2.24) is 19.9 Å². The van der Waals surface area contributed by atoms with Gasteiger partial charge in [-0.3, -0.25) is 15.0 Å². The summed E-state index contributed by atoms with van der Waals surface area (Å²) < 4.78 is 3.24. The molecule has 0 atom stereocenters. The van der Waals surface area contributed by atoms with Crippen LogP contribution in [-0.2, 0) is 4.92 Å². The number of pyridine rings is 4. The minimum absolute atomic E-state index is 0.278. The average Bonchev–Trinajstić information content (AvgIpc) is 3.57. The molecule has 10 aromatic rings. The van der Waals surface area contributed by atoms with Crippen molar-refractivity contribution in [3.8, 4) is 33.8 Å². The molecule has 0 fully saturated rings. The Morgan fingerprint density at radius 1 is 0.470 bits per heavy atom. The van der Waals surface area contributed by atoms with Crippen LogP contribution in [0.5, 0.6) is 0 Å². The van der Waals surface area contributed by atoms with Gasteiger partial charge in [-0.05, 0) is 181 Å². The summed E-state index contributed by atoms with van der Waals surface area (Å²) in [6.45, 7) is 10.4. The predicted molar refractivity (Wildman–Crippen MR) is 423 cm³/mol. The molecule has 4 heterocycles. The first-order chi connectivity index (χ1) is 39.6. The van der Waals surface area contributed by atoms with E-state index in [4.69, 9.17) is 15.8 Å². The number of hydrogen-bond acceptors (Lipinski definition) is 8. The Morgan fingerprint density at radius 3 is 1.16 bits per heavy atom. The van der Waals surface area contributed by atoms with E-state index in [0.29, 0.717) is 4.90 Å². The van der Waals surface area contributed by atoms with Crippen molar-refractivity contribution in [2.24, 2.45) is 0 Å². The number of nitrogen functional groups attached to an aromatic ring is 1. The Morgan fingerprint density at radius 2 is 0.831 bits per heavy atom. The Labute approximate surface area is 608 Å². The molecular formula is C63H60BBr3I7N6O2V. The standard InChI is InChI=1S/C30H25N3.C12H10BrN.C6H6BBrO2.C6H6BrN.C6H7N.C2H3I3.CH3I.3HI.V/c1-22-10-8-18-31-29(22)24-12-6-16-27(20-24)33(26-14-4-3-5-15-26)28-17-7-13-25(21-28)30-23(2)11-9-19-32-30;1-9-4-3-7-14-12(9)10-5-2-6-11(13)8-10;8-6-3-1-2-5(4-6)7(9)10;1-5-3-2-4-6(7)8-5;7-6-4-2-1-3-5-6;1-2(3,4)5;1-2;;;;/h3-21H,1-2H3;2-8H,1H3;1-4,9-10H;2-4H,1H3;1-5H,7H2;1H3;1H3;3*1H;/q;;;;;;;;;;+3/p-3. The number of hydrogen-bond donors (Lipinski definition) is 3. The summed E-state index contributed by atoms with van der Waals surface area (Å²) in [5.74, 6) is 0. The van der Waals surface area contributed by atoms with Crippen LogP contribution in [0, 0.1) is 27.7 Å². The van der Waals surface area contributed by atoms with E-state index in [-0.39, 0.29) is 4.92 Å². The average molecular weight is 2120 g/mol. The van der Waals surface area contributed by atoms with Gasteiger partial charge in [-0.1, -0.05) is 231 Å². The molecule has 0 spiro atoms. The third-order valence-electron chi connectivity index (χ3n) is 10.7. The summed E-state index contributed by atoms with van der Waals surface area (Å²) in [4.78, 5) is 21.7. The number of aryl methyl sites for hydroxylation is 4. The molecule has 4 N–H and O–H groups in total. The summed E-state index contributed by atoms with van der Waals surface area (Å²) in [5, 5.41) is 17.4. The summed E-state index contributed by atoms with van der Waals surface area (Å²) >= 11 is 26.5. The summed E-state index contributed by atoms with van der Waals surface area (Å²) in [7, 11) is -1.38. The summed E-state index contributed by atoms with van der Waals surface area (Å²) in [5.41, 5.74) is 20.9. The van der Waals surface area contributed by atoms with E-state index in [1.165, 1.54) is 5.56 Å². The van der Waals surface area contributed by atoms with Crippen molar-refractivity contribution in [3.63, 3.8) is 0 Å². The van der Waals surface area contributed by atoms with Gasteiger partial charge in [0.25, 0.3) is 0 Å². The predicted octanol–water partition coefficient (Wildman–Crippen LogP) is 21.9.